The fraction of sp³-hybridized carbons (Fsp3) is 0.429. The fourth-order valence-corrected chi connectivity index (χ4v) is 6.37. The Balaban J connectivity index is 1.40. The summed E-state index contributed by atoms with van der Waals surface area (Å²) in [6.07, 6.45) is 1.73. The first-order valence-corrected chi connectivity index (χ1v) is 14.5. The molecule has 2 aliphatic heterocycles. The Morgan fingerprint density at radius 1 is 0.816 bits per heavy atom. The van der Waals surface area contributed by atoms with Crippen molar-refractivity contribution in [3.05, 3.63) is 76.7 Å². The number of nitrogens with zero attached hydrogens (tertiary/aromatic N) is 5. The van der Waals surface area contributed by atoms with Gasteiger partial charge in [-0.3, -0.25) is 4.79 Å². The molecule has 2 fully saturated rings. The second-order valence-corrected chi connectivity index (χ2v) is 12.6. The van der Waals surface area contributed by atoms with Crippen LogP contribution in [0, 0.1) is 0 Å². The SMILES string of the molecule is CC(C)(C)c1ccc(S(=O)(=O)N2CCN(c3cnn(-c4ccccc4)c(=O)c3N3CCOCC3)CC2)cc1. The summed E-state index contributed by atoms with van der Waals surface area (Å²) in [5, 5.41) is 4.50. The monoisotopic (exact) mass is 537 g/mol. The van der Waals surface area contributed by atoms with E-state index in [1.165, 1.54) is 8.99 Å². The number of morpholine rings is 1. The molecule has 2 aliphatic rings. The molecule has 0 radical (unpaired) electrons. The van der Waals surface area contributed by atoms with E-state index in [-0.39, 0.29) is 11.0 Å². The first-order chi connectivity index (χ1) is 18.2. The molecule has 0 amide bonds. The van der Waals surface area contributed by atoms with Crippen LogP contribution in [0.5, 0.6) is 0 Å². The number of hydrogen-bond donors (Lipinski definition) is 0. The van der Waals surface area contributed by atoms with Crippen LogP contribution in [0.3, 0.4) is 0 Å². The van der Waals surface area contributed by atoms with Crippen molar-refractivity contribution >= 4 is 21.4 Å². The van der Waals surface area contributed by atoms with Crippen molar-refractivity contribution in [3.8, 4) is 5.69 Å². The first kappa shape index (κ1) is 26.4. The highest BCUT2D eigenvalue weighted by molar-refractivity contribution is 7.89. The summed E-state index contributed by atoms with van der Waals surface area (Å²) < 4.78 is 35.2. The van der Waals surface area contributed by atoms with Crippen LogP contribution in [-0.2, 0) is 20.2 Å². The number of piperazine rings is 1. The van der Waals surface area contributed by atoms with Gasteiger partial charge < -0.3 is 14.5 Å². The largest absolute Gasteiger partial charge is 0.378 e. The lowest BCUT2D eigenvalue weighted by Crippen LogP contribution is -2.50. The van der Waals surface area contributed by atoms with Crippen LogP contribution in [0.25, 0.3) is 5.69 Å². The number of para-hydroxylation sites is 1. The average Bonchev–Trinajstić information content (AvgIpc) is 2.93. The van der Waals surface area contributed by atoms with Gasteiger partial charge in [0, 0.05) is 39.3 Å². The lowest BCUT2D eigenvalue weighted by molar-refractivity contribution is 0.122. The summed E-state index contributed by atoms with van der Waals surface area (Å²) in [5.74, 6) is 0. The van der Waals surface area contributed by atoms with Crippen molar-refractivity contribution in [1.29, 1.82) is 0 Å². The first-order valence-electron chi connectivity index (χ1n) is 13.0. The van der Waals surface area contributed by atoms with Crippen LogP contribution in [-0.4, -0.2) is 75.0 Å². The summed E-state index contributed by atoms with van der Waals surface area (Å²) in [4.78, 5) is 18.2. The number of sulfonamides is 1. The van der Waals surface area contributed by atoms with E-state index in [2.05, 4.69) is 35.7 Å². The standard InChI is InChI=1S/C28H35N5O4S/c1-28(2,3)22-9-11-24(12-10-22)38(35,36)32-15-13-30(14-16-32)25-21-29-33(23-7-5-4-6-8-23)27(34)26(25)31-17-19-37-20-18-31/h4-12,21H,13-20H2,1-3H3. The minimum absolute atomic E-state index is 0.0467. The van der Waals surface area contributed by atoms with Crippen LogP contribution < -0.4 is 15.4 Å². The third kappa shape index (κ3) is 5.21. The van der Waals surface area contributed by atoms with Crippen molar-refractivity contribution in [1.82, 2.24) is 14.1 Å². The number of rotatable bonds is 5. The maximum absolute atomic E-state index is 13.7. The zero-order chi connectivity index (χ0) is 26.9. The van der Waals surface area contributed by atoms with Crippen molar-refractivity contribution < 1.29 is 13.2 Å². The van der Waals surface area contributed by atoms with Gasteiger partial charge >= 0.3 is 0 Å². The minimum atomic E-state index is -3.61. The summed E-state index contributed by atoms with van der Waals surface area (Å²) in [5.41, 5.74) is 2.87. The van der Waals surface area contributed by atoms with E-state index < -0.39 is 10.0 Å². The minimum Gasteiger partial charge on any atom is -0.378 e. The van der Waals surface area contributed by atoms with Gasteiger partial charge in [-0.25, -0.2) is 8.42 Å². The molecule has 0 saturated carbocycles. The second-order valence-electron chi connectivity index (χ2n) is 10.7. The molecule has 0 unspecified atom stereocenters. The van der Waals surface area contributed by atoms with Crippen molar-refractivity contribution in [2.45, 2.75) is 31.1 Å². The van der Waals surface area contributed by atoms with Gasteiger partial charge in [-0.15, -0.1) is 0 Å². The van der Waals surface area contributed by atoms with E-state index in [1.807, 2.05) is 42.5 Å². The van der Waals surface area contributed by atoms with Crippen LogP contribution in [0.15, 0.2) is 70.5 Å². The predicted octanol–water partition coefficient (Wildman–Crippen LogP) is 2.88. The van der Waals surface area contributed by atoms with E-state index >= 15 is 0 Å². The molecule has 2 saturated heterocycles. The zero-order valence-electron chi connectivity index (χ0n) is 22.2. The molecule has 9 nitrogen and oxygen atoms in total. The number of aromatic nitrogens is 2. The molecule has 0 spiro atoms. The summed E-state index contributed by atoms with van der Waals surface area (Å²) >= 11 is 0. The predicted molar refractivity (Wildman–Crippen MR) is 149 cm³/mol. The molecular formula is C28H35N5O4S. The van der Waals surface area contributed by atoms with Gasteiger partial charge in [0.15, 0.2) is 0 Å². The average molecular weight is 538 g/mol. The van der Waals surface area contributed by atoms with Gasteiger partial charge in [0.2, 0.25) is 10.0 Å². The van der Waals surface area contributed by atoms with Crippen LogP contribution >= 0.6 is 0 Å². The molecule has 38 heavy (non-hydrogen) atoms. The normalized spacial score (nSPS) is 17.6. The summed E-state index contributed by atoms with van der Waals surface area (Å²) in [6, 6.07) is 16.6. The topological polar surface area (TPSA) is 88.0 Å². The smallest absolute Gasteiger partial charge is 0.297 e. The molecule has 3 aromatic rings. The molecule has 0 bridgehead atoms. The van der Waals surface area contributed by atoms with Gasteiger partial charge in [-0.1, -0.05) is 51.1 Å². The Kier molecular flexibility index (Phi) is 7.30. The maximum Gasteiger partial charge on any atom is 0.297 e. The molecule has 1 aromatic heterocycles. The van der Waals surface area contributed by atoms with Gasteiger partial charge in [-0.2, -0.15) is 14.1 Å². The lowest BCUT2D eigenvalue weighted by Gasteiger charge is -2.38. The van der Waals surface area contributed by atoms with E-state index in [1.54, 1.807) is 18.3 Å². The Labute approximate surface area is 224 Å². The van der Waals surface area contributed by atoms with Crippen molar-refractivity contribution in [3.63, 3.8) is 0 Å². The highest BCUT2D eigenvalue weighted by atomic mass is 32.2. The number of ether oxygens (including phenoxy) is 1. The third-order valence-corrected chi connectivity index (χ3v) is 9.11. The molecule has 2 aromatic carbocycles. The van der Waals surface area contributed by atoms with Crippen LogP contribution in [0.4, 0.5) is 11.4 Å². The Hall–Kier alpha value is -3.21. The molecule has 0 aliphatic carbocycles. The molecule has 3 heterocycles. The van der Waals surface area contributed by atoms with Gasteiger partial charge in [0.05, 0.1) is 35.7 Å². The quantitative estimate of drug-likeness (QED) is 0.495. The van der Waals surface area contributed by atoms with Gasteiger partial charge in [-0.05, 0) is 35.2 Å². The number of hydrogen-bond acceptors (Lipinski definition) is 7. The number of benzene rings is 2. The number of anilines is 2. The summed E-state index contributed by atoms with van der Waals surface area (Å²) in [6.45, 7) is 10.2. The van der Waals surface area contributed by atoms with Gasteiger partial charge in [0.1, 0.15) is 5.69 Å². The fourth-order valence-electron chi connectivity index (χ4n) is 4.95. The Bertz CT molecular complexity index is 1420. The molecule has 0 N–H and O–H groups in total. The molecule has 10 heteroatoms. The molecular weight excluding hydrogens is 502 g/mol. The van der Waals surface area contributed by atoms with Crippen LogP contribution in [0.1, 0.15) is 26.3 Å². The Morgan fingerprint density at radius 2 is 1.45 bits per heavy atom. The molecule has 5 rings (SSSR count). The van der Waals surface area contributed by atoms with Crippen molar-refractivity contribution in [2.75, 3.05) is 62.3 Å². The van der Waals surface area contributed by atoms with E-state index in [0.29, 0.717) is 68.8 Å². The summed E-state index contributed by atoms with van der Waals surface area (Å²) in [7, 11) is -3.61. The second kappa shape index (κ2) is 10.5. The third-order valence-electron chi connectivity index (χ3n) is 7.20. The zero-order valence-corrected chi connectivity index (χ0v) is 23.0. The van der Waals surface area contributed by atoms with E-state index in [4.69, 9.17) is 4.74 Å². The van der Waals surface area contributed by atoms with E-state index in [0.717, 1.165) is 11.3 Å². The highest BCUT2D eigenvalue weighted by Crippen LogP contribution is 2.29. The highest BCUT2D eigenvalue weighted by Gasteiger charge is 2.31. The Morgan fingerprint density at radius 3 is 2.05 bits per heavy atom. The molecule has 0 atom stereocenters. The maximum atomic E-state index is 13.7. The van der Waals surface area contributed by atoms with Gasteiger partial charge in [0.25, 0.3) is 5.56 Å². The van der Waals surface area contributed by atoms with E-state index in [9.17, 15) is 13.2 Å². The van der Waals surface area contributed by atoms with Crippen molar-refractivity contribution in [2.24, 2.45) is 0 Å². The lowest BCUT2D eigenvalue weighted by atomic mass is 9.87. The van der Waals surface area contributed by atoms with Crippen LogP contribution in [0.2, 0.25) is 0 Å². The molecule has 202 valence electrons.